The highest BCUT2D eigenvalue weighted by atomic mass is 32.2. The number of aliphatic hydroxyl groups is 1. The summed E-state index contributed by atoms with van der Waals surface area (Å²) in [6, 6.07) is 2.70. The molecular weight excluding hydrogens is 560 g/mol. The number of piperazine rings is 1. The van der Waals surface area contributed by atoms with Crippen LogP contribution in [-0.4, -0.2) is 67.5 Å². The van der Waals surface area contributed by atoms with Gasteiger partial charge in [-0.2, -0.15) is 30.6 Å². The summed E-state index contributed by atoms with van der Waals surface area (Å²) in [7, 11) is -3.39. The van der Waals surface area contributed by atoms with E-state index in [0.29, 0.717) is 12.1 Å². The van der Waals surface area contributed by atoms with Crippen molar-refractivity contribution in [3.63, 3.8) is 0 Å². The Morgan fingerprint density at radius 2 is 1.44 bits per heavy atom. The molecular formula is C25H28F8N2O3S. The molecule has 14 heteroatoms. The summed E-state index contributed by atoms with van der Waals surface area (Å²) < 4.78 is 136. The van der Waals surface area contributed by atoms with Crippen LogP contribution in [0.1, 0.15) is 36.1 Å². The molecule has 0 atom stereocenters. The molecule has 1 N–H and O–H groups in total. The number of hydrogen-bond acceptors (Lipinski definition) is 4. The van der Waals surface area contributed by atoms with Gasteiger partial charge >= 0.3 is 12.4 Å². The van der Waals surface area contributed by atoms with Crippen molar-refractivity contribution in [3.8, 4) is 11.1 Å². The number of aryl methyl sites for hydroxylation is 1. The van der Waals surface area contributed by atoms with E-state index in [0.717, 1.165) is 18.4 Å². The molecule has 0 aliphatic carbocycles. The van der Waals surface area contributed by atoms with Crippen molar-refractivity contribution in [3.05, 3.63) is 58.2 Å². The van der Waals surface area contributed by atoms with Gasteiger partial charge in [0.15, 0.2) is 0 Å². The Hall–Kier alpha value is -2.29. The van der Waals surface area contributed by atoms with E-state index in [-0.39, 0.29) is 73.4 Å². The van der Waals surface area contributed by atoms with E-state index in [1.54, 1.807) is 4.90 Å². The predicted octanol–water partition coefficient (Wildman–Crippen LogP) is 5.15. The highest BCUT2D eigenvalue weighted by Crippen LogP contribution is 2.50. The van der Waals surface area contributed by atoms with Crippen molar-refractivity contribution in [2.75, 3.05) is 32.4 Å². The molecule has 0 bridgehead atoms. The van der Waals surface area contributed by atoms with Crippen LogP contribution >= 0.6 is 0 Å². The Morgan fingerprint density at radius 1 is 0.872 bits per heavy atom. The Labute approximate surface area is 221 Å². The van der Waals surface area contributed by atoms with Crippen molar-refractivity contribution in [1.29, 1.82) is 0 Å². The molecule has 0 unspecified atom stereocenters. The average molecular weight is 589 g/mol. The quantitative estimate of drug-likeness (QED) is 0.455. The molecule has 0 radical (unpaired) electrons. The summed E-state index contributed by atoms with van der Waals surface area (Å²) in [6.07, 6.45) is -11.3. The van der Waals surface area contributed by atoms with E-state index in [4.69, 9.17) is 0 Å². The SMILES string of the molecule is CCc1cc(C(O)(C(F)(F)F)C(F)(F)F)ccc1-c1c(F)cc(CN2CCN(S(C)(=O)=O)CC2)c(F)c1CC. The third kappa shape index (κ3) is 5.93. The van der Waals surface area contributed by atoms with Crippen LogP contribution in [0.3, 0.4) is 0 Å². The monoisotopic (exact) mass is 588 g/mol. The first-order valence-corrected chi connectivity index (χ1v) is 13.9. The molecule has 1 saturated heterocycles. The molecule has 1 heterocycles. The number of rotatable bonds is 7. The standard InChI is InChI=1S/C25H28F8N2O3S/c1-4-15-12-17(23(36,24(28,29)30)25(31,32)33)6-7-19(15)21-18(5-2)22(27)16(13-20(21)26)14-34-8-10-35(11-9-34)39(3,37)38/h6-7,12-13,36H,4-5,8-11,14H2,1-3H3. The fourth-order valence-corrected chi connectivity index (χ4v) is 5.60. The average Bonchev–Trinajstić information content (AvgIpc) is 2.83. The minimum Gasteiger partial charge on any atom is -0.369 e. The lowest BCUT2D eigenvalue weighted by Gasteiger charge is -2.33. The number of sulfonamides is 1. The van der Waals surface area contributed by atoms with E-state index in [9.17, 15) is 39.9 Å². The molecule has 2 aromatic rings. The van der Waals surface area contributed by atoms with Gasteiger partial charge in [0, 0.05) is 49.4 Å². The number of halogens is 8. The van der Waals surface area contributed by atoms with Crippen LogP contribution < -0.4 is 0 Å². The smallest absolute Gasteiger partial charge is 0.369 e. The topological polar surface area (TPSA) is 60.9 Å². The van der Waals surface area contributed by atoms with Crippen LogP contribution in [0.25, 0.3) is 11.1 Å². The molecule has 0 amide bonds. The lowest BCUT2D eigenvalue weighted by atomic mass is 9.85. The zero-order chi connectivity index (χ0) is 29.6. The fraction of sp³-hybridized carbons (Fsp3) is 0.520. The van der Waals surface area contributed by atoms with Gasteiger partial charge in [0.1, 0.15) is 11.6 Å². The van der Waals surface area contributed by atoms with Gasteiger partial charge in [0.25, 0.3) is 5.60 Å². The number of nitrogens with zero attached hydrogens (tertiary/aromatic N) is 2. The van der Waals surface area contributed by atoms with Crippen molar-refractivity contribution >= 4 is 10.0 Å². The van der Waals surface area contributed by atoms with Gasteiger partial charge in [-0.3, -0.25) is 4.90 Å². The Bertz CT molecular complexity index is 1300. The summed E-state index contributed by atoms with van der Waals surface area (Å²) in [5.41, 5.74) is -7.27. The van der Waals surface area contributed by atoms with Gasteiger partial charge in [-0.25, -0.2) is 17.2 Å². The molecule has 0 aromatic heterocycles. The van der Waals surface area contributed by atoms with Gasteiger partial charge in [-0.1, -0.05) is 32.0 Å². The number of benzene rings is 2. The summed E-state index contributed by atoms with van der Waals surface area (Å²) in [5.74, 6) is -1.69. The molecule has 218 valence electrons. The maximum absolute atomic E-state index is 15.6. The van der Waals surface area contributed by atoms with Crippen LogP contribution in [0, 0.1) is 11.6 Å². The van der Waals surface area contributed by atoms with E-state index in [1.807, 2.05) is 0 Å². The van der Waals surface area contributed by atoms with Crippen molar-refractivity contribution in [1.82, 2.24) is 9.21 Å². The molecule has 2 aromatic carbocycles. The summed E-state index contributed by atoms with van der Waals surface area (Å²) in [5, 5.41) is 9.76. The minimum absolute atomic E-state index is 0.0147. The zero-order valence-corrected chi connectivity index (χ0v) is 22.2. The maximum atomic E-state index is 15.6. The molecule has 5 nitrogen and oxygen atoms in total. The molecule has 39 heavy (non-hydrogen) atoms. The van der Waals surface area contributed by atoms with E-state index >= 15 is 8.78 Å². The van der Waals surface area contributed by atoms with Gasteiger partial charge < -0.3 is 5.11 Å². The van der Waals surface area contributed by atoms with Gasteiger partial charge in [0.2, 0.25) is 10.0 Å². The van der Waals surface area contributed by atoms with Crippen LogP contribution in [0.2, 0.25) is 0 Å². The van der Waals surface area contributed by atoms with Crippen molar-refractivity contribution in [2.24, 2.45) is 0 Å². The first-order chi connectivity index (χ1) is 17.9. The largest absolute Gasteiger partial charge is 0.430 e. The maximum Gasteiger partial charge on any atom is 0.430 e. The summed E-state index contributed by atoms with van der Waals surface area (Å²) >= 11 is 0. The second kappa shape index (κ2) is 10.9. The number of hydrogen-bond donors (Lipinski definition) is 1. The lowest BCUT2D eigenvalue weighted by Crippen LogP contribution is -2.53. The Kier molecular flexibility index (Phi) is 8.76. The molecule has 3 rings (SSSR count). The van der Waals surface area contributed by atoms with Crippen LogP contribution in [0.15, 0.2) is 24.3 Å². The molecule has 0 spiro atoms. The third-order valence-electron chi connectivity index (χ3n) is 6.93. The molecule has 0 saturated carbocycles. The first kappa shape index (κ1) is 31.2. The van der Waals surface area contributed by atoms with E-state index in [2.05, 4.69) is 0 Å². The molecule has 1 fully saturated rings. The van der Waals surface area contributed by atoms with Crippen LogP contribution in [-0.2, 0) is 35.0 Å². The number of alkyl halides is 6. The molecule has 1 aliphatic heterocycles. The van der Waals surface area contributed by atoms with Gasteiger partial charge in [-0.15, -0.1) is 0 Å². The predicted molar refractivity (Wildman–Crippen MR) is 128 cm³/mol. The zero-order valence-electron chi connectivity index (χ0n) is 21.3. The third-order valence-corrected chi connectivity index (χ3v) is 8.23. The second-order valence-electron chi connectivity index (χ2n) is 9.41. The molecule has 1 aliphatic rings. The first-order valence-electron chi connectivity index (χ1n) is 12.0. The fourth-order valence-electron chi connectivity index (χ4n) is 4.78. The normalized spacial score (nSPS) is 16.6. The van der Waals surface area contributed by atoms with Gasteiger partial charge in [-0.05, 0) is 35.6 Å². The van der Waals surface area contributed by atoms with Crippen molar-refractivity contribution < 1.29 is 48.6 Å². The summed E-state index contributed by atoms with van der Waals surface area (Å²) in [6.45, 7) is 3.83. The second-order valence-corrected chi connectivity index (χ2v) is 11.4. The summed E-state index contributed by atoms with van der Waals surface area (Å²) in [4.78, 5) is 1.75. The minimum atomic E-state index is -6.09. The lowest BCUT2D eigenvalue weighted by molar-refractivity contribution is -0.376. The van der Waals surface area contributed by atoms with E-state index < -0.39 is 45.2 Å². The Morgan fingerprint density at radius 3 is 1.90 bits per heavy atom. The van der Waals surface area contributed by atoms with Crippen LogP contribution in [0.5, 0.6) is 0 Å². The van der Waals surface area contributed by atoms with Crippen molar-refractivity contribution in [2.45, 2.75) is 51.2 Å². The Balaban J connectivity index is 2.04. The van der Waals surface area contributed by atoms with E-state index in [1.165, 1.54) is 18.2 Å². The van der Waals surface area contributed by atoms with Crippen LogP contribution in [0.4, 0.5) is 35.1 Å². The highest BCUT2D eigenvalue weighted by Gasteiger charge is 2.71. The highest BCUT2D eigenvalue weighted by molar-refractivity contribution is 7.88. The van der Waals surface area contributed by atoms with Gasteiger partial charge in [0.05, 0.1) is 6.26 Å².